The predicted octanol–water partition coefficient (Wildman–Crippen LogP) is 4.62. The van der Waals surface area contributed by atoms with Gasteiger partial charge in [0.25, 0.3) is 5.91 Å². The second-order valence-electron chi connectivity index (χ2n) is 4.73. The topological polar surface area (TPSA) is 42.0 Å². The van der Waals surface area contributed by atoms with Crippen LogP contribution < -0.4 is 5.32 Å². The molecule has 1 heterocycles. The summed E-state index contributed by atoms with van der Waals surface area (Å²) in [5.41, 5.74) is 1.02. The van der Waals surface area contributed by atoms with Crippen molar-refractivity contribution < 1.29 is 9.18 Å². The number of anilines is 1. The number of aromatic nitrogens is 1. The molecule has 0 fully saturated rings. The summed E-state index contributed by atoms with van der Waals surface area (Å²) in [5.74, 6) is -0.618. The van der Waals surface area contributed by atoms with E-state index < -0.39 is 0 Å². The molecule has 3 rings (SSSR count). The SMILES string of the molecule is O=C(Nc1ccc(F)cc1)c1cccnc1Sc1ccccc1. The van der Waals surface area contributed by atoms with Crippen LogP contribution in [0.3, 0.4) is 0 Å². The maximum Gasteiger partial charge on any atom is 0.258 e. The van der Waals surface area contributed by atoms with Gasteiger partial charge in [-0.05, 0) is 48.5 Å². The summed E-state index contributed by atoms with van der Waals surface area (Å²) < 4.78 is 12.9. The van der Waals surface area contributed by atoms with E-state index in [1.54, 1.807) is 18.3 Å². The van der Waals surface area contributed by atoms with Crippen molar-refractivity contribution in [2.24, 2.45) is 0 Å². The lowest BCUT2D eigenvalue weighted by Gasteiger charge is -2.09. The third-order valence-corrected chi connectivity index (χ3v) is 4.10. The first kappa shape index (κ1) is 15.2. The first-order chi connectivity index (χ1) is 11.2. The van der Waals surface area contributed by atoms with E-state index in [1.165, 1.54) is 36.0 Å². The molecule has 3 aromatic rings. The highest BCUT2D eigenvalue weighted by molar-refractivity contribution is 7.99. The van der Waals surface area contributed by atoms with Gasteiger partial charge in [0.05, 0.1) is 5.56 Å². The van der Waals surface area contributed by atoms with Gasteiger partial charge in [0.1, 0.15) is 10.8 Å². The van der Waals surface area contributed by atoms with Gasteiger partial charge < -0.3 is 5.32 Å². The first-order valence-corrected chi connectivity index (χ1v) is 7.79. The van der Waals surface area contributed by atoms with E-state index in [2.05, 4.69) is 10.3 Å². The average Bonchev–Trinajstić information content (AvgIpc) is 2.58. The zero-order chi connectivity index (χ0) is 16.1. The molecule has 0 aliphatic carbocycles. The highest BCUT2D eigenvalue weighted by atomic mass is 32.2. The van der Waals surface area contributed by atoms with E-state index in [1.807, 2.05) is 30.3 Å². The fraction of sp³-hybridized carbons (Fsp3) is 0. The third kappa shape index (κ3) is 3.96. The average molecular weight is 324 g/mol. The number of carbonyl (C=O) groups excluding carboxylic acids is 1. The lowest BCUT2D eigenvalue weighted by atomic mass is 10.2. The molecule has 2 aromatic carbocycles. The second-order valence-corrected chi connectivity index (χ2v) is 5.79. The largest absolute Gasteiger partial charge is 0.322 e. The van der Waals surface area contributed by atoms with Gasteiger partial charge in [-0.2, -0.15) is 0 Å². The quantitative estimate of drug-likeness (QED) is 0.761. The number of nitrogens with one attached hydrogen (secondary N) is 1. The number of pyridine rings is 1. The van der Waals surface area contributed by atoms with Crippen LogP contribution in [0, 0.1) is 5.82 Å². The molecule has 0 unspecified atom stereocenters. The Morgan fingerprint density at radius 2 is 1.70 bits per heavy atom. The summed E-state index contributed by atoms with van der Waals surface area (Å²) in [6.45, 7) is 0. The van der Waals surface area contributed by atoms with Crippen molar-refractivity contribution in [1.29, 1.82) is 0 Å². The number of benzene rings is 2. The van der Waals surface area contributed by atoms with Crippen molar-refractivity contribution in [3.63, 3.8) is 0 Å². The second kappa shape index (κ2) is 7.07. The fourth-order valence-electron chi connectivity index (χ4n) is 1.98. The molecule has 0 radical (unpaired) electrons. The van der Waals surface area contributed by atoms with Gasteiger partial charge >= 0.3 is 0 Å². The number of amides is 1. The van der Waals surface area contributed by atoms with Crippen LogP contribution in [0.15, 0.2) is 82.8 Å². The van der Waals surface area contributed by atoms with Gasteiger partial charge in [-0.25, -0.2) is 9.37 Å². The van der Waals surface area contributed by atoms with Crippen LogP contribution in [0.2, 0.25) is 0 Å². The smallest absolute Gasteiger partial charge is 0.258 e. The van der Waals surface area contributed by atoms with E-state index in [0.717, 1.165) is 4.90 Å². The molecule has 0 atom stereocenters. The van der Waals surface area contributed by atoms with Crippen LogP contribution in [-0.2, 0) is 0 Å². The molecule has 0 spiro atoms. The summed E-state index contributed by atoms with van der Waals surface area (Å²) in [4.78, 5) is 17.7. The third-order valence-electron chi connectivity index (χ3n) is 3.08. The number of hydrogen-bond donors (Lipinski definition) is 1. The molecule has 1 N–H and O–H groups in total. The minimum absolute atomic E-state index is 0.275. The van der Waals surface area contributed by atoms with E-state index in [-0.39, 0.29) is 11.7 Å². The number of nitrogens with zero attached hydrogens (tertiary/aromatic N) is 1. The van der Waals surface area contributed by atoms with Gasteiger partial charge in [-0.1, -0.05) is 30.0 Å². The number of hydrogen-bond acceptors (Lipinski definition) is 3. The van der Waals surface area contributed by atoms with Gasteiger partial charge in [-0.15, -0.1) is 0 Å². The lowest BCUT2D eigenvalue weighted by molar-refractivity contribution is 0.102. The van der Waals surface area contributed by atoms with E-state index in [0.29, 0.717) is 16.3 Å². The van der Waals surface area contributed by atoms with Crippen molar-refractivity contribution in [2.45, 2.75) is 9.92 Å². The van der Waals surface area contributed by atoms with Crippen LogP contribution in [0.25, 0.3) is 0 Å². The molecular formula is C18H13FN2OS. The highest BCUT2D eigenvalue weighted by Crippen LogP contribution is 2.28. The van der Waals surface area contributed by atoms with Crippen LogP contribution in [0.4, 0.5) is 10.1 Å². The first-order valence-electron chi connectivity index (χ1n) is 6.97. The van der Waals surface area contributed by atoms with Crippen molar-refractivity contribution in [1.82, 2.24) is 4.98 Å². The number of rotatable bonds is 4. The molecule has 0 aliphatic heterocycles. The molecule has 0 saturated heterocycles. The number of halogens is 1. The standard InChI is InChI=1S/C18H13FN2OS/c19-13-8-10-14(11-9-13)21-17(22)16-7-4-12-20-18(16)23-15-5-2-1-3-6-15/h1-12H,(H,21,22). The number of carbonyl (C=O) groups is 1. The maximum absolute atomic E-state index is 12.9. The Morgan fingerprint density at radius 1 is 0.957 bits per heavy atom. The molecule has 114 valence electrons. The Morgan fingerprint density at radius 3 is 2.43 bits per heavy atom. The maximum atomic E-state index is 12.9. The van der Waals surface area contributed by atoms with E-state index in [4.69, 9.17) is 0 Å². The minimum atomic E-state index is -0.343. The molecule has 1 amide bonds. The monoisotopic (exact) mass is 324 g/mol. The van der Waals surface area contributed by atoms with Gasteiger partial charge in [0.2, 0.25) is 0 Å². The summed E-state index contributed by atoms with van der Waals surface area (Å²) in [5, 5.41) is 3.38. The molecule has 5 heteroatoms. The van der Waals surface area contributed by atoms with Crippen LogP contribution in [-0.4, -0.2) is 10.9 Å². The molecule has 23 heavy (non-hydrogen) atoms. The zero-order valence-corrected chi connectivity index (χ0v) is 12.9. The Kier molecular flexibility index (Phi) is 4.68. The van der Waals surface area contributed by atoms with Crippen molar-refractivity contribution in [2.75, 3.05) is 5.32 Å². The summed E-state index contributed by atoms with van der Waals surface area (Å²) in [6.07, 6.45) is 1.65. The van der Waals surface area contributed by atoms with E-state index in [9.17, 15) is 9.18 Å². The molecule has 1 aromatic heterocycles. The Hall–Kier alpha value is -2.66. The summed E-state index contributed by atoms with van der Waals surface area (Å²) in [7, 11) is 0. The van der Waals surface area contributed by atoms with Crippen LogP contribution >= 0.6 is 11.8 Å². The van der Waals surface area contributed by atoms with Gasteiger partial charge in [-0.3, -0.25) is 4.79 Å². The molecule has 3 nitrogen and oxygen atoms in total. The molecular weight excluding hydrogens is 311 g/mol. The minimum Gasteiger partial charge on any atom is -0.322 e. The van der Waals surface area contributed by atoms with Crippen molar-refractivity contribution in [3.05, 3.63) is 84.3 Å². The predicted molar refractivity (Wildman–Crippen MR) is 89.2 cm³/mol. The van der Waals surface area contributed by atoms with Crippen molar-refractivity contribution >= 4 is 23.4 Å². The van der Waals surface area contributed by atoms with Crippen molar-refractivity contribution in [3.8, 4) is 0 Å². The lowest BCUT2D eigenvalue weighted by Crippen LogP contribution is -2.13. The molecule has 0 bridgehead atoms. The Balaban J connectivity index is 1.82. The summed E-state index contributed by atoms with van der Waals surface area (Å²) >= 11 is 1.42. The van der Waals surface area contributed by atoms with Crippen LogP contribution in [0.5, 0.6) is 0 Å². The molecule has 0 aliphatic rings. The molecule has 0 saturated carbocycles. The zero-order valence-electron chi connectivity index (χ0n) is 12.1. The fourth-order valence-corrected chi connectivity index (χ4v) is 2.88. The van der Waals surface area contributed by atoms with Gasteiger partial charge in [0, 0.05) is 16.8 Å². The highest BCUT2D eigenvalue weighted by Gasteiger charge is 2.13. The normalized spacial score (nSPS) is 10.3. The summed E-state index contributed by atoms with van der Waals surface area (Å²) in [6, 6.07) is 18.8. The Bertz CT molecular complexity index is 807. The van der Waals surface area contributed by atoms with Crippen LogP contribution in [0.1, 0.15) is 10.4 Å². The Labute approximate surface area is 137 Å². The van der Waals surface area contributed by atoms with E-state index >= 15 is 0 Å². The van der Waals surface area contributed by atoms with Gasteiger partial charge in [0.15, 0.2) is 0 Å².